The molecule has 20 heavy (non-hydrogen) atoms. The maximum Gasteiger partial charge on any atom is 0.348 e. The molecule has 0 saturated heterocycles. The molecule has 2 rings (SSSR count). The van der Waals surface area contributed by atoms with Crippen LogP contribution >= 0.6 is 11.3 Å². The second-order valence-corrected chi connectivity index (χ2v) is 6.43. The van der Waals surface area contributed by atoms with E-state index in [1.807, 2.05) is 13.0 Å². The van der Waals surface area contributed by atoms with Crippen LogP contribution in [0.1, 0.15) is 52.7 Å². The molecule has 1 aromatic rings. The molecule has 1 saturated carbocycles. The third kappa shape index (κ3) is 3.82. The van der Waals surface area contributed by atoms with Crippen molar-refractivity contribution in [3.8, 4) is 0 Å². The Kier molecular flexibility index (Phi) is 5.17. The van der Waals surface area contributed by atoms with Gasteiger partial charge in [-0.3, -0.25) is 4.79 Å². The SMILES string of the molecule is CCc1cc(C(=O)OCC(=O)NC2CCCC2)sc1C. The second-order valence-electron chi connectivity index (χ2n) is 5.17. The predicted octanol–water partition coefficient (Wildman–Crippen LogP) is 2.83. The molecule has 0 unspecified atom stereocenters. The van der Waals surface area contributed by atoms with Crippen LogP contribution < -0.4 is 5.32 Å². The molecule has 0 spiro atoms. The van der Waals surface area contributed by atoms with Crippen molar-refractivity contribution < 1.29 is 14.3 Å². The first kappa shape index (κ1) is 15.0. The van der Waals surface area contributed by atoms with Crippen LogP contribution in [0.15, 0.2) is 6.07 Å². The molecule has 0 bridgehead atoms. The minimum Gasteiger partial charge on any atom is -0.451 e. The molecule has 1 aliphatic carbocycles. The normalized spacial score (nSPS) is 15.3. The van der Waals surface area contributed by atoms with Crippen molar-refractivity contribution in [3.63, 3.8) is 0 Å². The zero-order chi connectivity index (χ0) is 14.5. The summed E-state index contributed by atoms with van der Waals surface area (Å²) in [6.45, 7) is 3.86. The Morgan fingerprint density at radius 1 is 1.40 bits per heavy atom. The van der Waals surface area contributed by atoms with Crippen LogP contribution in [0.2, 0.25) is 0 Å². The van der Waals surface area contributed by atoms with E-state index in [1.165, 1.54) is 24.2 Å². The fraction of sp³-hybridized carbons (Fsp3) is 0.600. The number of aryl methyl sites for hydroxylation is 2. The highest BCUT2D eigenvalue weighted by Gasteiger charge is 2.19. The van der Waals surface area contributed by atoms with Gasteiger partial charge >= 0.3 is 5.97 Å². The van der Waals surface area contributed by atoms with Crippen LogP contribution in [0.25, 0.3) is 0 Å². The number of esters is 1. The molecule has 0 aliphatic heterocycles. The summed E-state index contributed by atoms with van der Waals surface area (Å²) in [6.07, 6.45) is 5.29. The number of carbonyl (C=O) groups is 2. The summed E-state index contributed by atoms with van der Waals surface area (Å²) in [5, 5.41) is 2.90. The van der Waals surface area contributed by atoms with Crippen LogP contribution in [0.3, 0.4) is 0 Å². The highest BCUT2D eigenvalue weighted by molar-refractivity contribution is 7.14. The quantitative estimate of drug-likeness (QED) is 0.850. The lowest BCUT2D eigenvalue weighted by Crippen LogP contribution is -2.35. The summed E-state index contributed by atoms with van der Waals surface area (Å²) in [6, 6.07) is 2.12. The average Bonchev–Trinajstić information content (AvgIpc) is 3.05. The van der Waals surface area contributed by atoms with Gasteiger partial charge in [-0.25, -0.2) is 4.79 Å². The summed E-state index contributed by atoms with van der Waals surface area (Å²) < 4.78 is 5.07. The maximum atomic E-state index is 11.9. The van der Waals surface area contributed by atoms with Crippen molar-refractivity contribution in [2.75, 3.05) is 6.61 Å². The van der Waals surface area contributed by atoms with E-state index in [0.29, 0.717) is 4.88 Å². The molecule has 1 fully saturated rings. The summed E-state index contributed by atoms with van der Waals surface area (Å²) >= 11 is 1.43. The Bertz CT molecular complexity index is 489. The number of nitrogens with one attached hydrogen (secondary N) is 1. The Morgan fingerprint density at radius 2 is 2.10 bits per heavy atom. The van der Waals surface area contributed by atoms with Gasteiger partial charge in [0.2, 0.25) is 0 Å². The maximum absolute atomic E-state index is 11.9. The van der Waals surface area contributed by atoms with Crippen molar-refractivity contribution >= 4 is 23.2 Å². The van der Waals surface area contributed by atoms with Gasteiger partial charge in [0.1, 0.15) is 4.88 Å². The topological polar surface area (TPSA) is 55.4 Å². The molecular weight excluding hydrogens is 274 g/mol. The van der Waals surface area contributed by atoms with Gasteiger partial charge in [-0.2, -0.15) is 0 Å². The molecule has 0 aromatic carbocycles. The first-order chi connectivity index (χ1) is 9.60. The Balaban J connectivity index is 1.80. The molecule has 1 aromatic heterocycles. The highest BCUT2D eigenvalue weighted by atomic mass is 32.1. The highest BCUT2D eigenvalue weighted by Crippen LogP contribution is 2.22. The monoisotopic (exact) mass is 295 g/mol. The average molecular weight is 295 g/mol. The van der Waals surface area contributed by atoms with Crippen LogP contribution in [0.4, 0.5) is 0 Å². The van der Waals surface area contributed by atoms with Crippen LogP contribution in [-0.4, -0.2) is 24.5 Å². The summed E-state index contributed by atoms with van der Waals surface area (Å²) in [5.41, 5.74) is 1.16. The van der Waals surface area contributed by atoms with Crippen molar-refractivity contribution in [2.24, 2.45) is 0 Å². The smallest absolute Gasteiger partial charge is 0.348 e. The standard InChI is InChI=1S/C15H21NO3S/c1-3-11-8-13(20-10(11)2)15(18)19-9-14(17)16-12-6-4-5-7-12/h8,12H,3-7,9H2,1-2H3,(H,16,17). The fourth-order valence-electron chi connectivity index (χ4n) is 2.51. The van der Waals surface area contributed by atoms with Gasteiger partial charge < -0.3 is 10.1 Å². The van der Waals surface area contributed by atoms with Gasteiger partial charge in [-0.15, -0.1) is 11.3 Å². The van der Waals surface area contributed by atoms with E-state index in [-0.39, 0.29) is 18.6 Å². The summed E-state index contributed by atoms with van der Waals surface area (Å²) in [5.74, 6) is -0.603. The van der Waals surface area contributed by atoms with Crippen molar-refractivity contribution in [1.29, 1.82) is 0 Å². The van der Waals surface area contributed by atoms with E-state index in [2.05, 4.69) is 12.2 Å². The van der Waals surface area contributed by atoms with Gasteiger partial charge in [-0.05, 0) is 37.8 Å². The third-order valence-corrected chi connectivity index (χ3v) is 4.73. The lowest BCUT2D eigenvalue weighted by Gasteiger charge is -2.11. The van der Waals surface area contributed by atoms with Crippen molar-refractivity contribution in [1.82, 2.24) is 5.32 Å². The van der Waals surface area contributed by atoms with Gasteiger partial charge in [0, 0.05) is 10.9 Å². The number of carbonyl (C=O) groups excluding carboxylic acids is 2. The Labute approximate surface area is 123 Å². The Morgan fingerprint density at radius 3 is 2.70 bits per heavy atom. The summed E-state index contributed by atoms with van der Waals surface area (Å²) in [7, 11) is 0. The van der Waals surface area contributed by atoms with E-state index < -0.39 is 5.97 Å². The lowest BCUT2D eigenvalue weighted by atomic mass is 10.2. The number of thiophene rings is 1. The molecule has 0 atom stereocenters. The van der Waals surface area contributed by atoms with Crippen molar-refractivity contribution in [3.05, 3.63) is 21.4 Å². The third-order valence-electron chi connectivity index (χ3n) is 3.66. The fourth-order valence-corrected chi connectivity index (χ4v) is 3.52. The molecule has 1 N–H and O–H groups in total. The number of rotatable bonds is 5. The molecule has 0 radical (unpaired) electrons. The molecule has 5 heteroatoms. The second kappa shape index (κ2) is 6.88. The van der Waals surface area contributed by atoms with E-state index >= 15 is 0 Å². The number of amides is 1. The van der Waals surface area contributed by atoms with E-state index in [4.69, 9.17) is 4.74 Å². The zero-order valence-electron chi connectivity index (χ0n) is 12.0. The minimum atomic E-state index is -0.403. The van der Waals surface area contributed by atoms with E-state index in [0.717, 1.165) is 29.7 Å². The first-order valence-corrected chi connectivity index (χ1v) is 7.97. The molecule has 4 nitrogen and oxygen atoms in total. The van der Waals surface area contributed by atoms with Gasteiger partial charge in [0.05, 0.1) is 0 Å². The molecule has 110 valence electrons. The molecule has 1 aliphatic rings. The van der Waals surface area contributed by atoms with Crippen LogP contribution in [-0.2, 0) is 16.0 Å². The summed E-state index contributed by atoms with van der Waals surface area (Å²) in [4.78, 5) is 25.3. The van der Waals surface area contributed by atoms with Crippen LogP contribution in [0.5, 0.6) is 0 Å². The molecular formula is C15H21NO3S. The largest absolute Gasteiger partial charge is 0.451 e. The zero-order valence-corrected chi connectivity index (χ0v) is 12.8. The van der Waals surface area contributed by atoms with Crippen molar-refractivity contribution in [2.45, 2.75) is 52.0 Å². The first-order valence-electron chi connectivity index (χ1n) is 7.16. The number of hydrogen-bond acceptors (Lipinski definition) is 4. The number of hydrogen-bond donors (Lipinski definition) is 1. The number of ether oxygens (including phenoxy) is 1. The lowest BCUT2D eigenvalue weighted by molar-refractivity contribution is -0.124. The minimum absolute atomic E-state index is 0.187. The molecule has 1 amide bonds. The predicted molar refractivity (Wildman–Crippen MR) is 79.1 cm³/mol. The van der Waals surface area contributed by atoms with Crippen LogP contribution in [0, 0.1) is 6.92 Å². The molecule has 1 heterocycles. The van der Waals surface area contributed by atoms with Gasteiger partial charge in [0.15, 0.2) is 6.61 Å². The van der Waals surface area contributed by atoms with Gasteiger partial charge in [-0.1, -0.05) is 19.8 Å². The Hall–Kier alpha value is -1.36. The van der Waals surface area contributed by atoms with E-state index in [9.17, 15) is 9.59 Å². The van der Waals surface area contributed by atoms with Gasteiger partial charge in [0.25, 0.3) is 5.91 Å². The van der Waals surface area contributed by atoms with E-state index in [1.54, 1.807) is 0 Å².